The van der Waals surface area contributed by atoms with E-state index in [1.165, 1.54) is 0 Å². The van der Waals surface area contributed by atoms with E-state index >= 15 is 0 Å². The number of carbonyl (C=O) groups excluding carboxylic acids is 1. The minimum Gasteiger partial charge on any atom is -0.466 e. The van der Waals surface area contributed by atoms with Gasteiger partial charge in [-0.25, -0.2) is 13.1 Å². The molecule has 0 aliphatic rings. The number of sulfonamides is 1. The lowest BCUT2D eigenvalue weighted by atomic mass is 10.1. The summed E-state index contributed by atoms with van der Waals surface area (Å²) in [4.78, 5) is 11.1. The van der Waals surface area contributed by atoms with Gasteiger partial charge in [-0.05, 0) is 13.3 Å². The molecule has 0 aromatic carbocycles. The fraction of sp³-hybridized carbons (Fsp3) is 0.909. The number of carbonyl (C=O) groups is 1. The van der Waals surface area contributed by atoms with Gasteiger partial charge >= 0.3 is 5.97 Å². The van der Waals surface area contributed by atoms with E-state index in [1.807, 2.05) is 6.92 Å². The molecule has 1 unspecified atom stereocenters. The Morgan fingerprint density at radius 2 is 2.06 bits per heavy atom. The summed E-state index contributed by atoms with van der Waals surface area (Å²) in [6.45, 7) is 4.23. The van der Waals surface area contributed by atoms with Gasteiger partial charge in [0.1, 0.15) is 0 Å². The number of hydrogen-bond acceptors (Lipinski definition) is 5. The molecule has 0 aliphatic carbocycles. The molecule has 1 atom stereocenters. The lowest BCUT2D eigenvalue weighted by Crippen LogP contribution is -2.41. The summed E-state index contributed by atoms with van der Waals surface area (Å²) >= 11 is 0. The number of rotatable bonds is 10. The quantitative estimate of drug-likeness (QED) is 0.564. The molecule has 0 aromatic rings. The van der Waals surface area contributed by atoms with E-state index in [2.05, 4.69) is 9.46 Å². The van der Waals surface area contributed by atoms with Crippen molar-refractivity contribution in [3.63, 3.8) is 0 Å². The number of hydrogen-bond donors (Lipinski definition) is 2. The summed E-state index contributed by atoms with van der Waals surface area (Å²) in [6.07, 6.45) is 2.49. The first-order valence-electron chi connectivity index (χ1n) is 6.30. The van der Waals surface area contributed by atoms with E-state index in [9.17, 15) is 13.2 Å². The highest BCUT2D eigenvalue weighted by Gasteiger charge is 2.18. The van der Waals surface area contributed by atoms with Crippen molar-refractivity contribution in [3.8, 4) is 0 Å². The van der Waals surface area contributed by atoms with Crippen LogP contribution in [-0.4, -0.2) is 39.3 Å². The lowest BCUT2D eigenvalue weighted by Gasteiger charge is -2.16. The third-order valence-electron chi connectivity index (χ3n) is 2.42. The summed E-state index contributed by atoms with van der Waals surface area (Å²) in [5, 5.41) is 0. The Labute approximate surface area is 109 Å². The van der Waals surface area contributed by atoms with Gasteiger partial charge in [-0.1, -0.05) is 19.8 Å². The summed E-state index contributed by atoms with van der Waals surface area (Å²) in [5.41, 5.74) is 5.51. The van der Waals surface area contributed by atoms with Crippen LogP contribution < -0.4 is 10.5 Å². The van der Waals surface area contributed by atoms with Gasteiger partial charge in [-0.2, -0.15) is 0 Å². The van der Waals surface area contributed by atoms with Gasteiger partial charge in [0, 0.05) is 12.6 Å². The van der Waals surface area contributed by atoms with Gasteiger partial charge in [-0.15, -0.1) is 0 Å². The third-order valence-corrected chi connectivity index (χ3v) is 3.85. The van der Waals surface area contributed by atoms with E-state index in [1.54, 1.807) is 6.92 Å². The minimum absolute atomic E-state index is 0.131. The maximum Gasteiger partial charge on any atom is 0.306 e. The number of esters is 1. The second-order valence-electron chi connectivity index (χ2n) is 4.07. The monoisotopic (exact) mass is 280 g/mol. The van der Waals surface area contributed by atoms with E-state index in [4.69, 9.17) is 5.73 Å². The average molecular weight is 280 g/mol. The van der Waals surface area contributed by atoms with Crippen LogP contribution in [0.1, 0.15) is 39.5 Å². The Balaban J connectivity index is 4.15. The summed E-state index contributed by atoms with van der Waals surface area (Å²) < 4.78 is 30.6. The molecular formula is C11H24N2O4S. The smallest absolute Gasteiger partial charge is 0.306 e. The standard InChI is InChI=1S/C11H24N2O4S/c1-3-5-6-10(9-12)13-18(15,16)8-7-11(14)17-4-2/h10,13H,3-9,12H2,1-2H3. The fourth-order valence-corrected chi connectivity index (χ4v) is 2.71. The minimum atomic E-state index is -3.47. The number of ether oxygens (including phenoxy) is 1. The van der Waals surface area contributed by atoms with Crippen LogP contribution in [0, 0.1) is 0 Å². The van der Waals surface area contributed by atoms with Crippen LogP contribution in [-0.2, 0) is 19.6 Å². The lowest BCUT2D eigenvalue weighted by molar-refractivity contribution is -0.142. The zero-order valence-corrected chi connectivity index (χ0v) is 12.0. The van der Waals surface area contributed by atoms with Crippen LogP contribution >= 0.6 is 0 Å². The van der Waals surface area contributed by atoms with Crippen LogP contribution in [0.15, 0.2) is 0 Å². The largest absolute Gasteiger partial charge is 0.466 e. The van der Waals surface area contributed by atoms with Crippen molar-refractivity contribution in [1.29, 1.82) is 0 Å². The second-order valence-corrected chi connectivity index (χ2v) is 5.94. The highest BCUT2D eigenvalue weighted by molar-refractivity contribution is 7.89. The molecule has 18 heavy (non-hydrogen) atoms. The summed E-state index contributed by atoms with van der Waals surface area (Å²) in [6, 6.07) is -0.253. The fourth-order valence-electron chi connectivity index (χ4n) is 1.44. The first kappa shape index (κ1) is 17.3. The maximum absolute atomic E-state index is 11.7. The molecule has 0 saturated carbocycles. The summed E-state index contributed by atoms with van der Waals surface area (Å²) in [5.74, 6) is -0.755. The number of nitrogens with two attached hydrogens (primary N) is 1. The van der Waals surface area contributed by atoms with E-state index < -0.39 is 16.0 Å². The molecule has 0 saturated heterocycles. The van der Waals surface area contributed by atoms with Crippen LogP contribution in [0.2, 0.25) is 0 Å². The Morgan fingerprint density at radius 1 is 1.39 bits per heavy atom. The average Bonchev–Trinajstić information content (AvgIpc) is 2.32. The van der Waals surface area contributed by atoms with Crippen molar-refractivity contribution < 1.29 is 17.9 Å². The number of nitrogens with one attached hydrogen (secondary N) is 1. The van der Waals surface area contributed by atoms with Gasteiger partial charge in [0.15, 0.2) is 0 Å². The molecule has 0 amide bonds. The van der Waals surface area contributed by atoms with Crippen molar-refractivity contribution in [2.24, 2.45) is 5.73 Å². The van der Waals surface area contributed by atoms with Crippen LogP contribution in [0.25, 0.3) is 0 Å². The molecule has 7 heteroatoms. The molecular weight excluding hydrogens is 256 g/mol. The molecule has 3 N–H and O–H groups in total. The number of unbranched alkanes of at least 4 members (excludes halogenated alkanes) is 1. The van der Waals surface area contributed by atoms with Gasteiger partial charge in [0.25, 0.3) is 0 Å². The zero-order chi connectivity index (χ0) is 14.0. The van der Waals surface area contributed by atoms with Gasteiger partial charge in [0.05, 0.1) is 18.8 Å². The Morgan fingerprint density at radius 3 is 2.56 bits per heavy atom. The predicted octanol–water partition coefficient (Wildman–Crippen LogP) is 0.377. The first-order chi connectivity index (χ1) is 8.45. The SMILES string of the molecule is CCCCC(CN)NS(=O)(=O)CCC(=O)OCC. The molecule has 108 valence electrons. The Kier molecular flexibility index (Phi) is 8.95. The van der Waals surface area contributed by atoms with E-state index in [0.717, 1.165) is 12.8 Å². The second kappa shape index (κ2) is 9.29. The molecule has 6 nitrogen and oxygen atoms in total. The molecule has 0 heterocycles. The predicted molar refractivity (Wildman–Crippen MR) is 70.5 cm³/mol. The van der Waals surface area contributed by atoms with Crippen LogP contribution in [0.4, 0.5) is 0 Å². The highest BCUT2D eigenvalue weighted by atomic mass is 32.2. The Hall–Kier alpha value is -0.660. The first-order valence-corrected chi connectivity index (χ1v) is 7.96. The molecule has 0 fully saturated rings. The molecule has 0 bridgehead atoms. The van der Waals surface area contributed by atoms with Crippen LogP contribution in [0.5, 0.6) is 0 Å². The third kappa shape index (κ3) is 8.43. The molecule has 0 radical (unpaired) electrons. The normalized spacial score (nSPS) is 13.3. The van der Waals surface area contributed by atoms with Crippen molar-refractivity contribution in [1.82, 2.24) is 4.72 Å². The van der Waals surface area contributed by atoms with Crippen molar-refractivity contribution in [2.45, 2.75) is 45.6 Å². The summed E-state index contributed by atoms with van der Waals surface area (Å²) in [7, 11) is -3.47. The van der Waals surface area contributed by atoms with E-state index in [-0.39, 0.29) is 31.4 Å². The Bertz CT molecular complexity index is 330. The van der Waals surface area contributed by atoms with Gasteiger partial charge in [0.2, 0.25) is 10.0 Å². The topological polar surface area (TPSA) is 98.5 Å². The van der Waals surface area contributed by atoms with E-state index in [0.29, 0.717) is 6.42 Å². The van der Waals surface area contributed by atoms with Crippen molar-refractivity contribution >= 4 is 16.0 Å². The van der Waals surface area contributed by atoms with Gasteiger partial charge < -0.3 is 10.5 Å². The van der Waals surface area contributed by atoms with Crippen LogP contribution in [0.3, 0.4) is 0 Å². The molecule has 0 spiro atoms. The highest BCUT2D eigenvalue weighted by Crippen LogP contribution is 2.02. The molecule has 0 aromatic heterocycles. The van der Waals surface area contributed by atoms with Crippen molar-refractivity contribution in [3.05, 3.63) is 0 Å². The molecule has 0 aliphatic heterocycles. The maximum atomic E-state index is 11.7. The molecule has 0 rings (SSSR count). The van der Waals surface area contributed by atoms with Gasteiger partial charge in [-0.3, -0.25) is 4.79 Å². The zero-order valence-electron chi connectivity index (χ0n) is 11.1. The van der Waals surface area contributed by atoms with Crippen molar-refractivity contribution in [2.75, 3.05) is 18.9 Å².